The summed E-state index contributed by atoms with van der Waals surface area (Å²) in [6, 6.07) is 10.9. The topological polar surface area (TPSA) is 46.2 Å². The molecule has 1 N–H and O–H groups in total. The second kappa shape index (κ2) is 7.12. The van der Waals surface area contributed by atoms with E-state index in [1.165, 1.54) is 35.1 Å². The number of aryl methyl sites for hydroxylation is 2. The van der Waals surface area contributed by atoms with Crippen LogP contribution in [0.2, 0.25) is 0 Å². The molecule has 30 heavy (non-hydrogen) atoms. The van der Waals surface area contributed by atoms with Crippen LogP contribution in [-0.2, 0) is 15.6 Å². The number of nitrogens with one attached hydrogen (secondary N) is 1. The number of carbonyl (C=O) groups excluding carboxylic acids is 2. The van der Waals surface area contributed by atoms with Crippen LogP contribution >= 0.6 is 11.8 Å². The lowest BCUT2D eigenvalue weighted by molar-refractivity contribution is -0.115. The third-order valence-electron chi connectivity index (χ3n) is 6.70. The number of thioether (sulfide) groups is 1. The van der Waals surface area contributed by atoms with Crippen LogP contribution in [0.4, 0.5) is 4.79 Å². The molecule has 0 spiro atoms. The molecular weight excluding hydrogens is 390 g/mol. The Balaban J connectivity index is 1.94. The molecule has 0 bridgehead atoms. The fourth-order valence-electron chi connectivity index (χ4n) is 4.73. The smallest absolute Gasteiger partial charge is 0.282 e. The summed E-state index contributed by atoms with van der Waals surface area (Å²) in [7, 11) is 0. The van der Waals surface area contributed by atoms with Crippen molar-refractivity contribution in [3.63, 3.8) is 0 Å². The molecule has 1 aliphatic heterocycles. The summed E-state index contributed by atoms with van der Waals surface area (Å²) in [6.45, 7) is 13.7. The number of hydrogen-bond donors (Lipinski definition) is 1. The fraction of sp³-hybridized carbons (Fsp3) is 0.385. The first-order chi connectivity index (χ1) is 14.0. The van der Waals surface area contributed by atoms with Gasteiger partial charge in [0.15, 0.2) is 0 Å². The number of fused-ring (bicyclic) bond motifs is 1. The third kappa shape index (κ3) is 3.51. The van der Waals surface area contributed by atoms with Crippen LogP contribution < -0.4 is 5.32 Å². The molecule has 2 aromatic rings. The van der Waals surface area contributed by atoms with Gasteiger partial charge >= 0.3 is 0 Å². The monoisotopic (exact) mass is 419 g/mol. The number of benzene rings is 2. The van der Waals surface area contributed by atoms with E-state index < -0.39 is 0 Å². The lowest BCUT2D eigenvalue weighted by Crippen LogP contribution is -2.34. The Morgan fingerprint density at radius 3 is 2.17 bits per heavy atom. The van der Waals surface area contributed by atoms with Crippen molar-refractivity contribution in [2.45, 2.75) is 65.2 Å². The molecule has 2 aromatic carbocycles. The van der Waals surface area contributed by atoms with Crippen LogP contribution in [0.3, 0.4) is 0 Å². The third-order valence-corrected chi connectivity index (χ3v) is 7.51. The molecule has 0 unspecified atom stereocenters. The highest BCUT2D eigenvalue weighted by atomic mass is 32.2. The molecule has 0 atom stereocenters. The minimum atomic E-state index is -0.317. The fourth-order valence-corrected chi connectivity index (χ4v) is 5.41. The summed E-state index contributed by atoms with van der Waals surface area (Å²) >= 11 is 0.966. The molecule has 4 heteroatoms. The van der Waals surface area contributed by atoms with E-state index >= 15 is 0 Å². The van der Waals surface area contributed by atoms with Crippen LogP contribution in [0.25, 0.3) is 17.2 Å². The molecule has 3 nitrogen and oxygen atoms in total. The minimum absolute atomic E-state index is 0.127. The number of amides is 2. The van der Waals surface area contributed by atoms with E-state index in [2.05, 4.69) is 65.1 Å². The summed E-state index contributed by atoms with van der Waals surface area (Å²) in [5, 5.41) is 2.04. The van der Waals surface area contributed by atoms with Crippen molar-refractivity contribution < 1.29 is 9.59 Å². The Labute approximate surface area is 183 Å². The van der Waals surface area contributed by atoms with Crippen molar-refractivity contribution >= 4 is 29.0 Å². The van der Waals surface area contributed by atoms with Crippen LogP contribution in [0.15, 0.2) is 35.2 Å². The standard InChI is InChI=1S/C26H29NO2S/c1-15-8-7-9-17(13-21-23(28)27-24(29)30-21)22(15)18-14-20-19(12-16(18)2)25(3,4)10-11-26(20,5)6/h7-9,12-14H,10-11H2,1-6H3,(H,27,28,29). The molecule has 2 aliphatic rings. The Morgan fingerprint density at radius 2 is 1.57 bits per heavy atom. The Hall–Kier alpha value is -2.33. The van der Waals surface area contributed by atoms with Crippen molar-refractivity contribution in [2.75, 3.05) is 0 Å². The SMILES string of the molecule is Cc1cc2c(cc1-c1c(C)cccc1C=C1SC(=O)NC1=O)C(C)(C)CCC2(C)C. The van der Waals surface area contributed by atoms with E-state index in [-0.39, 0.29) is 22.0 Å². The normalized spacial score (nSPS) is 20.9. The molecule has 156 valence electrons. The van der Waals surface area contributed by atoms with Gasteiger partial charge in [0, 0.05) is 0 Å². The first-order valence-corrected chi connectivity index (χ1v) is 11.3. The highest BCUT2D eigenvalue weighted by Gasteiger charge is 2.37. The first-order valence-electron chi connectivity index (χ1n) is 10.5. The zero-order chi connectivity index (χ0) is 21.8. The summed E-state index contributed by atoms with van der Waals surface area (Å²) < 4.78 is 0. The molecule has 0 aromatic heterocycles. The quantitative estimate of drug-likeness (QED) is 0.555. The zero-order valence-electron chi connectivity index (χ0n) is 18.6. The Bertz CT molecular complexity index is 1110. The predicted octanol–water partition coefficient (Wildman–Crippen LogP) is 6.64. The van der Waals surface area contributed by atoms with Gasteiger partial charge in [0.05, 0.1) is 4.91 Å². The summed E-state index contributed by atoms with van der Waals surface area (Å²) in [5.74, 6) is -0.317. The maximum Gasteiger partial charge on any atom is 0.290 e. The van der Waals surface area contributed by atoms with Gasteiger partial charge in [-0.15, -0.1) is 0 Å². The van der Waals surface area contributed by atoms with Gasteiger partial charge in [0.25, 0.3) is 11.1 Å². The van der Waals surface area contributed by atoms with Crippen LogP contribution in [0.5, 0.6) is 0 Å². The van der Waals surface area contributed by atoms with Gasteiger partial charge < -0.3 is 0 Å². The largest absolute Gasteiger partial charge is 0.290 e. The second-order valence-corrected chi connectivity index (χ2v) is 10.9. The van der Waals surface area contributed by atoms with Gasteiger partial charge in [-0.05, 0) is 94.3 Å². The van der Waals surface area contributed by atoms with Crippen molar-refractivity contribution in [2.24, 2.45) is 0 Å². The molecule has 4 rings (SSSR count). The zero-order valence-corrected chi connectivity index (χ0v) is 19.4. The lowest BCUT2D eigenvalue weighted by Gasteiger charge is -2.42. The molecule has 0 saturated carbocycles. The highest BCUT2D eigenvalue weighted by molar-refractivity contribution is 8.18. The molecule has 1 aliphatic carbocycles. The maximum atomic E-state index is 12.1. The van der Waals surface area contributed by atoms with Crippen molar-refractivity contribution in [1.82, 2.24) is 5.32 Å². The van der Waals surface area contributed by atoms with E-state index in [4.69, 9.17) is 0 Å². The summed E-state index contributed by atoms with van der Waals surface area (Å²) in [6.07, 6.45) is 4.20. The van der Waals surface area contributed by atoms with Gasteiger partial charge in [-0.1, -0.05) is 58.0 Å². The lowest BCUT2D eigenvalue weighted by atomic mass is 9.62. The number of carbonyl (C=O) groups is 2. The summed E-state index contributed by atoms with van der Waals surface area (Å²) in [4.78, 5) is 24.2. The van der Waals surface area contributed by atoms with Gasteiger partial charge in [-0.25, -0.2) is 0 Å². The molecular formula is C26H29NO2S. The van der Waals surface area contributed by atoms with Gasteiger partial charge in [-0.2, -0.15) is 0 Å². The van der Waals surface area contributed by atoms with Crippen molar-refractivity contribution in [1.29, 1.82) is 0 Å². The average Bonchev–Trinajstić information content (AvgIpc) is 2.97. The highest BCUT2D eigenvalue weighted by Crippen LogP contribution is 2.48. The van der Waals surface area contributed by atoms with Crippen LogP contribution in [-0.4, -0.2) is 11.1 Å². The molecule has 1 heterocycles. The Morgan fingerprint density at radius 1 is 0.933 bits per heavy atom. The number of rotatable bonds is 2. The second-order valence-electron chi connectivity index (χ2n) is 9.87. The molecule has 0 radical (unpaired) electrons. The summed E-state index contributed by atoms with van der Waals surface area (Å²) in [5.41, 5.74) is 8.89. The molecule has 1 saturated heterocycles. The van der Waals surface area contributed by atoms with Crippen molar-refractivity contribution in [3.8, 4) is 11.1 Å². The first kappa shape index (κ1) is 20.9. The van der Waals surface area contributed by atoms with E-state index in [9.17, 15) is 9.59 Å². The van der Waals surface area contributed by atoms with Crippen LogP contribution in [0, 0.1) is 13.8 Å². The average molecular weight is 420 g/mol. The van der Waals surface area contributed by atoms with E-state index in [0.717, 1.165) is 28.5 Å². The van der Waals surface area contributed by atoms with Crippen LogP contribution in [0.1, 0.15) is 68.4 Å². The maximum absolute atomic E-state index is 12.1. The van der Waals surface area contributed by atoms with E-state index in [0.29, 0.717) is 4.91 Å². The Kier molecular flexibility index (Phi) is 4.97. The molecule has 1 fully saturated rings. The molecule has 2 amide bonds. The number of imide groups is 1. The minimum Gasteiger partial charge on any atom is -0.282 e. The van der Waals surface area contributed by atoms with E-state index in [1.54, 1.807) is 0 Å². The van der Waals surface area contributed by atoms with Gasteiger partial charge in [-0.3, -0.25) is 14.9 Å². The predicted molar refractivity (Wildman–Crippen MR) is 126 cm³/mol. The van der Waals surface area contributed by atoms with Gasteiger partial charge in [0.1, 0.15) is 0 Å². The van der Waals surface area contributed by atoms with Gasteiger partial charge in [0.2, 0.25) is 0 Å². The number of hydrogen-bond acceptors (Lipinski definition) is 3. The van der Waals surface area contributed by atoms with E-state index in [1.807, 2.05) is 18.2 Å². The van der Waals surface area contributed by atoms with Crippen molar-refractivity contribution in [3.05, 3.63) is 63.1 Å².